The number of epoxide rings is 1. The number of benzene rings is 2. The van der Waals surface area contributed by atoms with Gasteiger partial charge in [-0.25, -0.2) is 0 Å². The van der Waals surface area contributed by atoms with Crippen LogP contribution in [0.15, 0.2) is 59.1 Å². The maximum absolute atomic E-state index is 9.44. The lowest BCUT2D eigenvalue weighted by Crippen LogP contribution is -2.06. The third-order valence-electron chi connectivity index (χ3n) is 3.14. The maximum atomic E-state index is 9.44. The van der Waals surface area contributed by atoms with Crippen molar-refractivity contribution in [2.45, 2.75) is 11.7 Å². The second-order valence-electron chi connectivity index (χ2n) is 4.27. The van der Waals surface area contributed by atoms with E-state index in [0.29, 0.717) is 0 Å². The largest absolute Gasteiger partial charge is 0.340 e. The lowest BCUT2D eigenvalue weighted by molar-refractivity contribution is 0.340. The molecule has 18 heavy (non-hydrogen) atoms. The third-order valence-corrected chi connectivity index (χ3v) is 3.63. The Kier molecular flexibility index (Phi) is 2.70. The van der Waals surface area contributed by atoms with Crippen molar-refractivity contribution in [1.82, 2.24) is 0 Å². The molecule has 1 aliphatic heterocycles. The summed E-state index contributed by atoms with van der Waals surface area (Å²) in [7, 11) is 0. The highest BCUT2D eigenvalue weighted by atomic mass is 79.9. The van der Waals surface area contributed by atoms with E-state index < -0.39 is 5.60 Å². The Labute approximate surface area is 114 Å². The zero-order chi connectivity index (χ0) is 12.6. The van der Waals surface area contributed by atoms with Crippen LogP contribution in [0.25, 0.3) is 0 Å². The lowest BCUT2D eigenvalue weighted by Gasteiger charge is -2.05. The molecule has 0 aromatic heterocycles. The first-order chi connectivity index (χ1) is 8.76. The van der Waals surface area contributed by atoms with Crippen LogP contribution in [-0.4, -0.2) is 0 Å². The van der Waals surface area contributed by atoms with Crippen molar-refractivity contribution in [2.75, 3.05) is 0 Å². The molecule has 1 aliphatic rings. The molecule has 1 saturated heterocycles. The Hall–Kier alpha value is -1.63. The molecule has 1 fully saturated rings. The molecule has 1 heterocycles. The van der Waals surface area contributed by atoms with E-state index in [4.69, 9.17) is 4.74 Å². The molecular weight excluding hydrogens is 290 g/mol. The van der Waals surface area contributed by atoms with E-state index in [2.05, 4.69) is 22.0 Å². The highest BCUT2D eigenvalue weighted by Crippen LogP contribution is 2.56. The zero-order valence-electron chi connectivity index (χ0n) is 9.51. The summed E-state index contributed by atoms with van der Waals surface area (Å²) in [5.74, 6) is 0. The van der Waals surface area contributed by atoms with Gasteiger partial charge in [0.1, 0.15) is 12.2 Å². The molecule has 0 bridgehead atoms. The van der Waals surface area contributed by atoms with Gasteiger partial charge in [-0.1, -0.05) is 58.4 Å². The van der Waals surface area contributed by atoms with Gasteiger partial charge in [-0.05, 0) is 17.7 Å². The van der Waals surface area contributed by atoms with Crippen molar-refractivity contribution < 1.29 is 4.74 Å². The van der Waals surface area contributed by atoms with Gasteiger partial charge in [-0.15, -0.1) is 0 Å². The van der Waals surface area contributed by atoms with Crippen LogP contribution >= 0.6 is 15.9 Å². The number of hydrogen-bond donors (Lipinski definition) is 0. The normalized spacial score (nSPS) is 25.4. The van der Waals surface area contributed by atoms with Gasteiger partial charge in [-0.2, -0.15) is 5.26 Å². The summed E-state index contributed by atoms with van der Waals surface area (Å²) in [6.45, 7) is 0. The van der Waals surface area contributed by atoms with E-state index in [0.717, 1.165) is 15.6 Å². The molecule has 2 aromatic carbocycles. The standard InChI is InChI=1S/C15H10BrNO/c16-13-8-4-7-12(9-13)15(10-17)14(18-15)11-5-2-1-3-6-11/h1-9,14H. The summed E-state index contributed by atoms with van der Waals surface area (Å²) in [6, 6.07) is 19.9. The van der Waals surface area contributed by atoms with Crippen LogP contribution in [-0.2, 0) is 10.3 Å². The molecule has 2 atom stereocenters. The second kappa shape index (κ2) is 4.24. The SMILES string of the molecule is N#CC1(c2cccc(Br)c2)OC1c1ccccc1. The predicted molar refractivity (Wildman–Crippen MR) is 71.7 cm³/mol. The van der Waals surface area contributed by atoms with Gasteiger partial charge in [0.05, 0.1) is 0 Å². The number of nitriles is 1. The number of hydrogen-bond acceptors (Lipinski definition) is 2. The second-order valence-corrected chi connectivity index (χ2v) is 5.18. The predicted octanol–water partition coefficient (Wildman–Crippen LogP) is 3.94. The van der Waals surface area contributed by atoms with E-state index in [1.54, 1.807) is 0 Å². The van der Waals surface area contributed by atoms with Crippen molar-refractivity contribution in [3.63, 3.8) is 0 Å². The third kappa shape index (κ3) is 1.74. The zero-order valence-corrected chi connectivity index (χ0v) is 11.1. The first kappa shape index (κ1) is 11.5. The highest BCUT2D eigenvalue weighted by Gasteiger charge is 2.59. The Bertz CT molecular complexity index is 620. The fourth-order valence-electron chi connectivity index (χ4n) is 2.17. The molecule has 0 spiro atoms. The van der Waals surface area contributed by atoms with Crippen LogP contribution in [0.1, 0.15) is 17.2 Å². The van der Waals surface area contributed by atoms with Gasteiger partial charge in [0.15, 0.2) is 0 Å². The molecule has 0 amide bonds. The molecule has 3 heteroatoms. The fraction of sp³-hybridized carbons (Fsp3) is 0.133. The smallest absolute Gasteiger partial charge is 0.210 e. The van der Waals surface area contributed by atoms with Gasteiger partial charge in [0, 0.05) is 10.0 Å². The van der Waals surface area contributed by atoms with Gasteiger partial charge in [0.2, 0.25) is 5.60 Å². The summed E-state index contributed by atoms with van der Waals surface area (Å²) in [5, 5.41) is 9.44. The topological polar surface area (TPSA) is 36.3 Å². The van der Waals surface area contributed by atoms with Gasteiger partial charge >= 0.3 is 0 Å². The Morgan fingerprint density at radius 3 is 2.56 bits per heavy atom. The first-order valence-corrected chi connectivity index (χ1v) is 6.45. The number of ether oxygens (including phenoxy) is 1. The fourth-order valence-corrected chi connectivity index (χ4v) is 2.57. The van der Waals surface area contributed by atoms with E-state index in [1.165, 1.54) is 0 Å². The molecule has 0 N–H and O–H groups in total. The quantitative estimate of drug-likeness (QED) is 0.788. The van der Waals surface area contributed by atoms with Crippen LogP contribution < -0.4 is 0 Å². The average Bonchev–Trinajstić information content (AvgIpc) is 3.16. The van der Waals surface area contributed by atoms with E-state index in [-0.39, 0.29) is 6.10 Å². The highest BCUT2D eigenvalue weighted by molar-refractivity contribution is 9.10. The van der Waals surface area contributed by atoms with Crippen LogP contribution in [0.5, 0.6) is 0 Å². The minimum Gasteiger partial charge on any atom is -0.340 e. The average molecular weight is 300 g/mol. The molecule has 2 aromatic rings. The molecule has 3 rings (SSSR count). The lowest BCUT2D eigenvalue weighted by atomic mass is 9.93. The van der Waals surface area contributed by atoms with Crippen molar-refractivity contribution in [3.8, 4) is 6.07 Å². The van der Waals surface area contributed by atoms with Crippen molar-refractivity contribution in [1.29, 1.82) is 5.26 Å². The summed E-state index contributed by atoms with van der Waals surface area (Å²) >= 11 is 3.42. The number of rotatable bonds is 2. The van der Waals surface area contributed by atoms with E-state index >= 15 is 0 Å². The molecule has 0 saturated carbocycles. The minimum absolute atomic E-state index is 0.169. The monoisotopic (exact) mass is 299 g/mol. The Morgan fingerprint density at radius 2 is 1.89 bits per heavy atom. The summed E-state index contributed by atoms with van der Waals surface area (Å²) in [5.41, 5.74) is 1.11. The minimum atomic E-state index is -0.828. The van der Waals surface area contributed by atoms with Gasteiger partial charge < -0.3 is 4.74 Å². The van der Waals surface area contributed by atoms with Gasteiger partial charge in [-0.3, -0.25) is 0 Å². The van der Waals surface area contributed by atoms with Crippen molar-refractivity contribution in [3.05, 3.63) is 70.2 Å². The van der Waals surface area contributed by atoms with E-state index in [9.17, 15) is 5.26 Å². The molecule has 88 valence electrons. The molecule has 2 nitrogen and oxygen atoms in total. The van der Waals surface area contributed by atoms with Crippen molar-refractivity contribution in [2.24, 2.45) is 0 Å². The van der Waals surface area contributed by atoms with Crippen LogP contribution in [0.4, 0.5) is 0 Å². The van der Waals surface area contributed by atoms with Crippen LogP contribution in [0.3, 0.4) is 0 Å². The van der Waals surface area contributed by atoms with E-state index in [1.807, 2.05) is 54.6 Å². The number of halogens is 1. The van der Waals surface area contributed by atoms with Crippen LogP contribution in [0, 0.1) is 11.3 Å². The number of nitrogens with zero attached hydrogens (tertiary/aromatic N) is 1. The molecule has 0 radical (unpaired) electrons. The summed E-state index contributed by atoms with van der Waals surface area (Å²) in [6.07, 6.45) is -0.169. The molecule has 2 unspecified atom stereocenters. The Balaban J connectivity index is 1.99. The Morgan fingerprint density at radius 1 is 1.11 bits per heavy atom. The molecular formula is C15H10BrNO. The van der Waals surface area contributed by atoms with Gasteiger partial charge in [0.25, 0.3) is 0 Å². The maximum Gasteiger partial charge on any atom is 0.210 e. The van der Waals surface area contributed by atoms with Crippen molar-refractivity contribution >= 4 is 15.9 Å². The van der Waals surface area contributed by atoms with Crippen LogP contribution in [0.2, 0.25) is 0 Å². The summed E-state index contributed by atoms with van der Waals surface area (Å²) < 4.78 is 6.65. The summed E-state index contributed by atoms with van der Waals surface area (Å²) in [4.78, 5) is 0. The first-order valence-electron chi connectivity index (χ1n) is 5.66. The molecule has 0 aliphatic carbocycles.